The number of hydrogen-bond donors (Lipinski definition) is 1. The Morgan fingerprint density at radius 2 is 1.77 bits per heavy atom. The van der Waals surface area contributed by atoms with Gasteiger partial charge in [0, 0.05) is 50.4 Å². The number of pyridine rings is 1. The highest BCUT2D eigenvalue weighted by Gasteiger charge is 2.34. The molecule has 0 aromatic carbocycles. The van der Waals surface area contributed by atoms with Crippen molar-refractivity contribution in [3.63, 3.8) is 0 Å². The minimum atomic E-state index is -3.67. The van der Waals surface area contributed by atoms with Gasteiger partial charge in [0.2, 0.25) is 15.9 Å². The van der Waals surface area contributed by atoms with Gasteiger partial charge < -0.3 is 4.90 Å². The number of amides is 1. The van der Waals surface area contributed by atoms with Crippen LogP contribution >= 0.6 is 27.5 Å². The maximum absolute atomic E-state index is 12.9. The molecule has 0 radical (unpaired) electrons. The average molecular weight is 520 g/mol. The third-order valence-corrected chi connectivity index (χ3v) is 9.32. The Morgan fingerprint density at radius 1 is 1.10 bits per heavy atom. The first kappa shape index (κ1) is 22.5. The van der Waals surface area contributed by atoms with Crippen molar-refractivity contribution in [2.75, 3.05) is 26.2 Å². The number of piperazine rings is 1. The van der Waals surface area contributed by atoms with E-state index in [1.54, 1.807) is 0 Å². The van der Waals surface area contributed by atoms with Gasteiger partial charge in [-0.05, 0) is 60.5 Å². The number of rotatable bonds is 5. The zero-order chi connectivity index (χ0) is 21.3. The lowest BCUT2D eigenvalue weighted by Gasteiger charge is -2.44. The number of nitrogens with zero attached hydrogens (tertiary/aromatic N) is 3. The van der Waals surface area contributed by atoms with Gasteiger partial charge in [-0.15, -0.1) is 0 Å². The summed E-state index contributed by atoms with van der Waals surface area (Å²) in [6.07, 6.45) is 7.97. The Balaban J connectivity index is 1.26. The Hall–Kier alpha value is -0.740. The van der Waals surface area contributed by atoms with Crippen LogP contribution < -0.4 is 4.72 Å². The summed E-state index contributed by atoms with van der Waals surface area (Å²) >= 11 is 9.07. The highest BCUT2D eigenvalue weighted by Crippen LogP contribution is 2.30. The fraction of sp³-hybridized carbons (Fsp3) is 0.700. The van der Waals surface area contributed by atoms with Gasteiger partial charge in [0.05, 0.1) is 4.47 Å². The minimum absolute atomic E-state index is 0.00681. The van der Waals surface area contributed by atoms with Gasteiger partial charge in [-0.25, -0.2) is 18.1 Å². The molecular weight excluding hydrogens is 492 g/mol. The van der Waals surface area contributed by atoms with Crippen molar-refractivity contribution in [2.24, 2.45) is 5.92 Å². The number of aromatic nitrogens is 1. The van der Waals surface area contributed by atoms with E-state index in [2.05, 4.69) is 30.5 Å². The van der Waals surface area contributed by atoms with E-state index < -0.39 is 10.0 Å². The third kappa shape index (κ3) is 5.01. The molecule has 0 unspecified atom stereocenters. The number of hydrogen-bond acceptors (Lipinski definition) is 5. The molecule has 4 rings (SSSR count). The lowest BCUT2D eigenvalue weighted by Crippen LogP contribution is -2.54. The highest BCUT2D eigenvalue weighted by atomic mass is 79.9. The van der Waals surface area contributed by atoms with Crippen LogP contribution in [-0.2, 0) is 14.8 Å². The second kappa shape index (κ2) is 9.40. The summed E-state index contributed by atoms with van der Waals surface area (Å²) in [5.74, 6) is 0.253. The van der Waals surface area contributed by atoms with Crippen molar-refractivity contribution in [1.82, 2.24) is 19.5 Å². The molecule has 1 N–H and O–H groups in total. The maximum atomic E-state index is 12.9. The van der Waals surface area contributed by atoms with Crippen molar-refractivity contribution in [3.05, 3.63) is 21.9 Å². The number of nitrogens with one attached hydrogen (secondary N) is 1. The summed E-state index contributed by atoms with van der Waals surface area (Å²) in [6.45, 7) is 3.60. The lowest BCUT2D eigenvalue weighted by molar-refractivity contribution is -0.139. The predicted octanol–water partition coefficient (Wildman–Crippen LogP) is 3.03. The first-order chi connectivity index (χ1) is 14.3. The van der Waals surface area contributed by atoms with Crippen LogP contribution in [0.2, 0.25) is 5.15 Å². The Bertz CT molecular complexity index is 880. The summed E-state index contributed by atoms with van der Waals surface area (Å²) in [7, 11) is -3.67. The average Bonchev–Trinajstić information content (AvgIpc) is 2.69. The van der Waals surface area contributed by atoms with Gasteiger partial charge in [0.15, 0.2) is 0 Å². The van der Waals surface area contributed by atoms with Gasteiger partial charge in [0.25, 0.3) is 0 Å². The van der Waals surface area contributed by atoms with E-state index >= 15 is 0 Å². The Labute approximate surface area is 191 Å². The van der Waals surface area contributed by atoms with Crippen LogP contribution in [0.3, 0.4) is 0 Å². The molecule has 2 aliphatic carbocycles. The van der Waals surface area contributed by atoms with E-state index in [0.717, 1.165) is 45.1 Å². The molecule has 1 aromatic heterocycles. The minimum Gasteiger partial charge on any atom is -0.340 e. The van der Waals surface area contributed by atoms with Crippen molar-refractivity contribution in [1.29, 1.82) is 0 Å². The van der Waals surface area contributed by atoms with Gasteiger partial charge in [-0.2, -0.15) is 0 Å². The van der Waals surface area contributed by atoms with E-state index in [4.69, 9.17) is 11.6 Å². The van der Waals surface area contributed by atoms with Gasteiger partial charge in [-0.1, -0.05) is 18.0 Å². The molecule has 1 amide bonds. The first-order valence-corrected chi connectivity index (χ1v) is 13.3. The fourth-order valence-corrected chi connectivity index (χ4v) is 6.49. The topological polar surface area (TPSA) is 82.6 Å². The third-order valence-electron chi connectivity index (χ3n) is 6.70. The Kier molecular flexibility index (Phi) is 7.04. The standard InChI is InChI=1S/C20H28BrClN4O3S/c21-18-12-17(13-23-19(18)22)30(28,29)24-15-6-4-14(5-7-15)20(27)26-10-8-25(9-11-26)16-2-1-3-16/h12-16,24H,1-11H2. The second-order valence-corrected chi connectivity index (χ2v) is 11.5. The summed E-state index contributed by atoms with van der Waals surface area (Å²) in [6, 6.07) is 2.03. The zero-order valence-corrected chi connectivity index (χ0v) is 20.1. The van der Waals surface area contributed by atoms with E-state index in [0.29, 0.717) is 17.3 Å². The van der Waals surface area contributed by atoms with Gasteiger partial charge in [0.1, 0.15) is 10.0 Å². The molecule has 0 bridgehead atoms. The van der Waals surface area contributed by atoms with Crippen molar-refractivity contribution < 1.29 is 13.2 Å². The van der Waals surface area contributed by atoms with Crippen LogP contribution in [0.25, 0.3) is 0 Å². The molecule has 2 saturated carbocycles. The molecule has 1 saturated heterocycles. The normalized spacial score (nSPS) is 26.4. The molecule has 10 heteroatoms. The predicted molar refractivity (Wildman–Crippen MR) is 119 cm³/mol. The zero-order valence-electron chi connectivity index (χ0n) is 16.9. The van der Waals surface area contributed by atoms with Crippen LogP contribution in [0.4, 0.5) is 0 Å². The molecule has 1 aromatic rings. The van der Waals surface area contributed by atoms with E-state index in [1.165, 1.54) is 31.5 Å². The molecule has 7 nitrogen and oxygen atoms in total. The van der Waals surface area contributed by atoms with Crippen LogP contribution in [-0.4, -0.2) is 67.4 Å². The quantitative estimate of drug-likeness (QED) is 0.605. The van der Waals surface area contributed by atoms with Crippen molar-refractivity contribution in [3.8, 4) is 0 Å². The lowest BCUT2D eigenvalue weighted by atomic mass is 9.85. The number of halogens is 2. The number of carbonyl (C=O) groups excluding carboxylic acids is 1. The number of carbonyl (C=O) groups is 1. The molecule has 3 fully saturated rings. The van der Waals surface area contributed by atoms with Gasteiger partial charge >= 0.3 is 0 Å². The molecule has 0 atom stereocenters. The SMILES string of the molecule is O=C(C1CCC(NS(=O)(=O)c2cnc(Cl)c(Br)c2)CC1)N1CCN(C2CCC2)CC1. The molecule has 0 spiro atoms. The summed E-state index contributed by atoms with van der Waals surface area (Å²) in [5.41, 5.74) is 0. The first-order valence-electron chi connectivity index (χ1n) is 10.7. The van der Waals surface area contributed by atoms with E-state index in [9.17, 15) is 13.2 Å². The maximum Gasteiger partial charge on any atom is 0.242 e. The monoisotopic (exact) mass is 518 g/mol. The molecule has 2 heterocycles. The fourth-order valence-electron chi connectivity index (χ4n) is 4.61. The molecule has 3 aliphatic rings. The second-order valence-electron chi connectivity index (χ2n) is 8.56. The number of sulfonamides is 1. The van der Waals surface area contributed by atoms with E-state index in [-0.39, 0.29) is 27.9 Å². The molecular formula is C20H28BrClN4O3S. The van der Waals surface area contributed by atoms with Gasteiger partial charge in [-0.3, -0.25) is 9.69 Å². The highest BCUT2D eigenvalue weighted by molar-refractivity contribution is 9.10. The van der Waals surface area contributed by atoms with Crippen LogP contribution in [0, 0.1) is 5.92 Å². The summed E-state index contributed by atoms with van der Waals surface area (Å²) in [5, 5.41) is 0.224. The van der Waals surface area contributed by atoms with E-state index in [1.807, 2.05) is 4.90 Å². The van der Waals surface area contributed by atoms with Crippen LogP contribution in [0.15, 0.2) is 21.6 Å². The summed E-state index contributed by atoms with van der Waals surface area (Å²) < 4.78 is 28.5. The molecule has 166 valence electrons. The van der Waals surface area contributed by atoms with Crippen LogP contribution in [0.5, 0.6) is 0 Å². The smallest absolute Gasteiger partial charge is 0.242 e. The molecule has 1 aliphatic heterocycles. The van der Waals surface area contributed by atoms with Crippen molar-refractivity contribution in [2.45, 2.75) is 61.9 Å². The largest absolute Gasteiger partial charge is 0.340 e. The summed E-state index contributed by atoms with van der Waals surface area (Å²) in [4.78, 5) is 21.5. The molecule has 30 heavy (non-hydrogen) atoms. The van der Waals surface area contributed by atoms with Crippen molar-refractivity contribution >= 4 is 43.5 Å². The van der Waals surface area contributed by atoms with Crippen LogP contribution in [0.1, 0.15) is 44.9 Å². The Morgan fingerprint density at radius 3 is 2.33 bits per heavy atom.